The number of methoxy groups -OCH3 is 2. The van der Waals surface area contributed by atoms with Crippen molar-refractivity contribution in [2.75, 3.05) is 40.5 Å². The highest BCUT2D eigenvalue weighted by Gasteiger charge is 2.15. The van der Waals surface area contributed by atoms with Gasteiger partial charge in [-0.15, -0.1) is 0 Å². The van der Waals surface area contributed by atoms with Crippen molar-refractivity contribution in [3.05, 3.63) is 29.8 Å². The molecule has 0 saturated heterocycles. The van der Waals surface area contributed by atoms with Gasteiger partial charge in [0.25, 0.3) is 0 Å². The van der Waals surface area contributed by atoms with Gasteiger partial charge in [-0.3, -0.25) is 4.79 Å². The van der Waals surface area contributed by atoms with E-state index in [2.05, 4.69) is 0 Å². The number of carbonyl (C=O) groups is 1. The third kappa shape index (κ3) is 5.28. The summed E-state index contributed by atoms with van der Waals surface area (Å²) < 4.78 is 9.98. The van der Waals surface area contributed by atoms with E-state index in [1.807, 2.05) is 0 Å². The molecule has 0 spiro atoms. The molecule has 5 heteroatoms. The number of hydrogen-bond acceptors (Lipinski definition) is 4. The summed E-state index contributed by atoms with van der Waals surface area (Å²) in [6.45, 7) is 2.00. The van der Waals surface area contributed by atoms with E-state index < -0.39 is 0 Å². The number of carbonyl (C=O) groups excluding carboxylic acids is 1. The summed E-state index contributed by atoms with van der Waals surface area (Å²) in [6.07, 6.45) is 0.181. The molecule has 0 heterocycles. The maximum absolute atomic E-state index is 12.2. The van der Waals surface area contributed by atoms with Crippen LogP contribution in [0.25, 0.3) is 0 Å². The molecule has 0 aliphatic rings. The highest BCUT2D eigenvalue weighted by molar-refractivity contribution is 5.79. The minimum Gasteiger partial charge on any atom is -0.508 e. The lowest BCUT2D eigenvalue weighted by Gasteiger charge is -2.22. The number of ether oxygens (including phenoxy) is 2. The zero-order valence-electron chi connectivity index (χ0n) is 11.5. The van der Waals surface area contributed by atoms with Crippen LogP contribution in [0.5, 0.6) is 5.75 Å². The fourth-order valence-electron chi connectivity index (χ4n) is 1.70. The highest BCUT2D eigenvalue weighted by atomic mass is 16.5. The monoisotopic (exact) mass is 267 g/mol. The average molecular weight is 267 g/mol. The van der Waals surface area contributed by atoms with E-state index >= 15 is 0 Å². The fraction of sp³-hybridized carbons (Fsp3) is 0.500. The minimum atomic E-state index is -0.0457. The molecule has 1 amide bonds. The summed E-state index contributed by atoms with van der Waals surface area (Å²) in [6, 6.07) is 6.86. The van der Waals surface area contributed by atoms with Crippen LogP contribution >= 0.6 is 0 Å². The van der Waals surface area contributed by atoms with Crippen LogP contribution in [0, 0.1) is 0 Å². The molecule has 1 rings (SSSR count). The lowest BCUT2D eigenvalue weighted by Crippen LogP contribution is -2.37. The molecule has 19 heavy (non-hydrogen) atoms. The summed E-state index contributed by atoms with van der Waals surface area (Å²) >= 11 is 0. The molecule has 1 N–H and O–H groups in total. The first-order valence-corrected chi connectivity index (χ1v) is 6.21. The second kappa shape index (κ2) is 8.50. The van der Waals surface area contributed by atoms with Crippen molar-refractivity contribution in [1.29, 1.82) is 0 Å². The van der Waals surface area contributed by atoms with E-state index in [1.54, 1.807) is 43.4 Å². The van der Waals surface area contributed by atoms with Crippen molar-refractivity contribution >= 4 is 5.91 Å². The van der Waals surface area contributed by atoms with Crippen LogP contribution in [-0.4, -0.2) is 56.4 Å². The molecule has 0 aliphatic heterocycles. The number of para-hydroxylation sites is 1. The maximum Gasteiger partial charge on any atom is 0.227 e. The molecule has 0 saturated carbocycles. The van der Waals surface area contributed by atoms with E-state index in [0.717, 1.165) is 0 Å². The van der Waals surface area contributed by atoms with Crippen molar-refractivity contribution in [3.63, 3.8) is 0 Å². The molecule has 0 radical (unpaired) electrons. The van der Waals surface area contributed by atoms with Crippen LogP contribution in [0.3, 0.4) is 0 Å². The summed E-state index contributed by atoms with van der Waals surface area (Å²) in [5.74, 6) is 0.102. The van der Waals surface area contributed by atoms with E-state index in [4.69, 9.17) is 9.47 Å². The first-order valence-electron chi connectivity index (χ1n) is 6.21. The maximum atomic E-state index is 12.2. The number of phenols is 1. The van der Waals surface area contributed by atoms with Gasteiger partial charge in [-0.05, 0) is 6.07 Å². The van der Waals surface area contributed by atoms with Gasteiger partial charge in [0.2, 0.25) is 5.91 Å². The van der Waals surface area contributed by atoms with E-state index in [-0.39, 0.29) is 18.1 Å². The molecular weight excluding hydrogens is 246 g/mol. The van der Waals surface area contributed by atoms with Crippen LogP contribution in [0.4, 0.5) is 0 Å². The van der Waals surface area contributed by atoms with Gasteiger partial charge in [-0.25, -0.2) is 0 Å². The van der Waals surface area contributed by atoms with Crippen molar-refractivity contribution < 1.29 is 19.4 Å². The quantitative estimate of drug-likeness (QED) is 0.765. The van der Waals surface area contributed by atoms with Gasteiger partial charge >= 0.3 is 0 Å². The Morgan fingerprint density at radius 1 is 1.16 bits per heavy atom. The predicted octanol–water partition coefficient (Wildman–Crippen LogP) is 1.06. The van der Waals surface area contributed by atoms with Crippen LogP contribution in [0.2, 0.25) is 0 Å². The molecule has 0 atom stereocenters. The largest absolute Gasteiger partial charge is 0.508 e. The van der Waals surface area contributed by atoms with Gasteiger partial charge in [0.05, 0.1) is 19.6 Å². The van der Waals surface area contributed by atoms with Gasteiger partial charge < -0.3 is 19.5 Å². The van der Waals surface area contributed by atoms with Crippen LogP contribution in [0.1, 0.15) is 5.56 Å². The molecule has 106 valence electrons. The summed E-state index contributed by atoms with van der Waals surface area (Å²) in [4.78, 5) is 13.9. The Hall–Kier alpha value is -1.59. The zero-order chi connectivity index (χ0) is 14.1. The molecule has 0 aromatic heterocycles. The summed E-state index contributed by atoms with van der Waals surface area (Å²) in [7, 11) is 3.20. The number of benzene rings is 1. The number of aromatic hydroxyl groups is 1. The van der Waals surface area contributed by atoms with Gasteiger partial charge in [0, 0.05) is 32.9 Å². The summed E-state index contributed by atoms with van der Waals surface area (Å²) in [5, 5.41) is 9.67. The van der Waals surface area contributed by atoms with E-state index in [0.29, 0.717) is 31.9 Å². The molecular formula is C14H21NO4. The molecule has 0 bridgehead atoms. The third-order valence-corrected chi connectivity index (χ3v) is 2.82. The number of rotatable bonds is 8. The molecule has 0 aliphatic carbocycles. The van der Waals surface area contributed by atoms with Crippen LogP contribution in [0.15, 0.2) is 24.3 Å². The molecule has 1 aromatic carbocycles. The molecule has 0 fully saturated rings. The Labute approximate surface area is 113 Å². The second-order valence-corrected chi connectivity index (χ2v) is 4.17. The van der Waals surface area contributed by atoms with Gasteiger partial charge in [0.15, 0.2) is 0 Å². The number of hydrogen-bond donors (Lipinski definition) is 1. The van der Waals surface area contributed by atoms with Gasteiger partial charge in [0.1, 0.15) is 5.75 Å². The van der Waals surface area contributed by atoms with Crippen LogP contribution < -0.4 is 0 Å². The Morgan fingerprint density at radius 2 is 1.74 bits per heavy atom. The van der Waals surface area contributed by atoms with Crippen LogP contribution in [-0.2, 0) is 20.7 Å². The van der Waals surface area contributed by atoms with E-state index in [1.165, 1.54) is 0 Å². The fourth-order valence-corrected chi connectivity index (χ4v) is 1.70. The Kier molecular flexibility index (Phi) is 6.92. The lowest BCUT2D eigenvalue weighted by atomic mass is 10.1. The molecule has 0 unspecified atom stereocenters. The average Bonchev–Trinajstić information content (AvgIpc) is 2.41. The molecule has 5 nitrogen and oxygen atoms in total. The highest BCUT2D eigenvalue weighted by Crippen LogP contribution is 2.16. The first-order chi connectivity index (χ1) is 9.19. The van der Waals surface area contributed by atoms with Crippen molar-refractivity contribution in [1.82, 2.24) is 4.90 Å². The number of amides is 1. The predicted molar refractivity (Wildman–Crippen MR) is 72.1 cm³/mol. The van der Waals surface area contributed by atoms with Crippen molar-refractivity contribution in [2.24, 2.45) is 0 Å². The molecule has 1 aromatic rings. The second-order valence-electron chi connectivity index (χ2n) is 4.17. The van der Waals surface area contributed by atoms with Gasteiger partial charge in [-0.1, -0.05) is 18.2 Å². The number of phenolic OH excluding ortho intramolecular Hbond substituents is 1. The number of nitrogens with zero attached hydrogens (tertiary/aromatic N) is 1. The Morgan fingerprint density at radius 3 is 2.26 bits per heavy atom. The SMILES string of the molecule is COCCN(CCOC)C(=O)Cc1ccccc1O. The Balaban J connectivity index is 2.62. The lowest BCUT2D eigenvalue weighted by molar-refractivity contribution is -0.131. The normalized spacial score (nSPS) is 10.4. The van der Waals surface area contributed by atoms with E-state index in [9.17, 15) is 9.90 Å². The topological polar surface area (TPSA) is 59.0 Å². The minimum absolute atomic E-state index is 0.0457. The summed E-state index contributed by atoms with van der Waals surface area (Å²) in [5.41, 5.74) is 0.632. The Bertz CT molecular complexity index is 387. The zero-order valence-corrected chi connectivity index (χ0v) is 11.5. The third-order valence-electron chi connectivity index (χ3n) is 2.82. The van der Waals surface area contributed by atoms with Crippen molar-refractivity contribution in [2.45, 2.75) is 6.42 Å². The smallest absolute Gasteiger partial charge is 0.227 e. The van der Waals surface area contributed by atoms with Gasteiger partial charge in [-0.2, -0.15) is 0 Å². The standard InChI is InChI=1S/C14H21NO4/c1-18-9-7-15(8-10-19-2)14(17)11-12-5-3-4-6-13(12)16/h3-6,16H,7-11H2,1-2H3. The first kappa shape index (κ1) is 15.5. The van der Waals surface area contributed by atoms with Crippen molar-refractivity contribution in [3.8, 4) is 5.75 Å².